The van der Waals surface area contributed by atoms with E-state index in [0.29, 0.717) is 11.4 Å². The van der Waals surface area contributed by atoms with Crippen molar-refractivity contribution >= 4 is 29.2 Å². The van der Waals surface area contributed by atoms with Gasteiger partial charge in [-0.3, -0.25) is 9.48 Å². The summed E-state index contributed by atoms with van der Waals surface area (Å²) in [7, 11) is 1.70. The number of carboxylic acid groups (broad SMARTS) is 1. The number of ether oxygens (including phenoxy) is 1. The fourth-order valence-corrected chi connectivity index (χ4v) is 2.25. The second-order valence-electron chi connectivity index (χ2n) is 5.51. The van der Waals surface area contributed by atoms with Gasteiger partial charge in [0.1, 0.15) is 11.4 Å². The normalized spacial score (nSPS) is 10.7. The van der Waals surface area contributed by atoms with E-state index in [9.17, 15) is 9.59 Å². The molecule has 2 N–H and O–H groups in total. The molecule has 24 heavy (non-hydrogen) atoms. The number of aliphatic carboxylic acids is 1. The van der Waals surface area contributed by atoms with Crippen molar-refractivity contribution in [1.82, 2.24) is 9.78 Å². The number of aromatic nitrogens is 2. The van der Waals surface area contributed by atoms with Crippen LogP contribution < -0.4 is 10.1 Å². The first-order valence-corrected chi connectivity index (χ1v) is 7.65. The number of hydrogen-bond donors (Lipinski definition) is 2. The van der Waals surface area contributed by atoms with Crippen molar-refractivity contribution in [3.05, 3.63) is 40.7 Å². The molecule has 1 aromatic heterocycles. The van der Waals surface area contributed by atoms with Crippen molar-refractivity contribution < 1.29 is 19.4 Å². The molecule has 0 aliphatic heterocycles. The Labute approximate surface area is 144 Å². The van der Waals surface area contributed by atoms with E-state index in [4.69, 9.17) is 21.4 Å². The molecule has 128 valence electrons. The van der Waals surface area contributed by atoms with Crippen LogP contribution in [0, 0.1) is 0 Å². The number of rotatable bonds is 6. The van der Waals surface area contributed by atoms with Crippen LogP contribution in [0.5, 0.6) is 5.75 Å². The molecule has 0 fully saturated rings. The molecule has 0 spiro atoms. The maximum absolute atomic E-state index is 12.4. The van der Waals surface area contributed by atoms with Crippen molar-refractivity contribution in [3.8, 4) is 5.75 Å². The molecule has 0 bridgehead atoms. The number of nitrogens with zero attached hydrogens (tertiary/aromatic N) is 2. The van der Waals surface area contributed by atoms with E-state index in [1.807, 2.05) is 13.8 Å². The van der Waals surface area contributed by atoms with E-state index >= 15 is 0 Å². The molecule has 1 amide bonds. The zero-order chi connectivity index (χ0) is 17.9. The SMILES string of the molecule is CC(C)c1cc(C(=O)Nc2ccc(OCC(=O)O)c(Cl)c2)n(C)n1. The summed E-state index contributed by atoms with van der Waals surface area (Å²) in [5, 5.41) is 15.8. The number of halogens is 1. The summed E-state index contributed by atoms with van der Waals surface area (Å²) in [5.41, 5.74) is 1.74. The van der Waals surface area contributed by atoms with Crippen molar-refractivity contribution in [2.75, 3.05) is 11.9 Å². The molecule has 0 unspecified atom stereocenters. The fourth-order valence-electron chi connectivity index (χ4n) is 2.01. The van der Waals surface area contributed by atoms with Crippen LogP contribution in [0.15, 0.2) is 24.3 Å². The van der Waals surface area contributed by atoms with E-state index in [2.05, 4.69) is 10.4 Å². The lowest BCUT2D eigenvalue weighted by molar-refractivity contribution is -0.139. The summed E-state index contributed by atoms with van der Waals surface area (Å²) in [6.45, 7) is 3.51. The van der Waals surface area contributed by atoms with Gasteiger partial charge in [-0.25, -0.2) is 4.79 Å². The molecule has 7 nitrogen and oxygen atoms in total. The van der Waals surface area contributed by atoms with Gasteiger partial charge in [0, 0.05) is 12.7 Å². The number of carboxylic acids is 1. The maximum atomic E-state index is 12.4. The third kappa shape index (κ3) is 4.26. The van der Waals surface area contributed by atoms with Gasteiger partial charge in [0.05, 0.1) is 10.7 Å². The largest absolute Gasteiger partial charge is 0.480 e. The Morgan fingerprint density at radius 2 is 2.08 bits per heavy atom. The molecular formula is C16H18ClN3O4. The monoisotopic (exact) mass is 351 g/mol. The molecule has 0 radical (unpaired) electrons. The minimum absolute atomic E-state index is 0.210. The summed E-state index contributed by atoms with van der Waals surface area (Å²) < 4.78 is 6.56. The molecule has 0 aliphatic rings. The van der Waals surface area contributed by atoms with Gasteiger partial charge in [0.25, 0.3) is 5.91 Å². The van der Waals surface area contributed by atoms with Crippen molar-refractivity contribution in [2.24, 2.45) is 7.05 Å². The van der Waals surface area contributed by atoms with Crippen LogP contribution in [0.1, 0.15) is 35.9 Å². The molecule has 2 aromatic rings. The second-order valence-corrected chi connectivity index (χ2v) is 5.92. The van der Waals surface area contributed by atoms with Gasteiger partial charge in [-0.1, -0.05) is 25.4 Å². The van der Waals surface area contributed by atoms with Crippen molar-refractivity contribution in [1.29, 1.82) is 0 Å². The van der Waals surface area contributed by atoms with E-state index in [1.54, 1.807) is 19.2 Å². The highest BCUT2D eigenvalue weighted by molar-refractivity contribution is 6.32. The van der Waals surface area contributed by atoms with Crippen LogP contribution in [-0.2, 0) is 11.8 Å². The molecule has 0 aliphatic carbocycles. The number of amides is 1. The van der Waals surface area contributed by atoms with Crippen LogP contribution in [-0.4, -0.2) is 33.4 Å². The van der Waals surface area contributed by atoms with Crippen LogP contribution >= 0.6 is 11.6 Å². The minimum atomic E-state index is -1.10. The van der Waals surface area contributed by atoms with Crippen LogP contribution in [0.2, 0.25) is 5.02 Å². The minimum Gasteiger partial charge on any atom is -0.480 e. The highest BCUT2D eigenvalue weighted by Gasteiger charge is 2.15. The number of nitrogens with one attached hydrogen (secondary N) is 1. The molecule has 1 aromatic carbocycles. The van der Waals surface area contributed by atoms with E-state index in [0.717, 1.165) is 5.69 Å². The topological polar surface area (TPSA) is 93.5 Å². The van der Waals surface area contributed by atoms with Crippen LogP contribution in [0.3, 0.4) is 0 Å². The number of anilines is 1. The average Bonchev–Trinajstić information content (AvgIpc) is 2.88. The summed E-state index contributed by atoms with van der Waals surface area (Å²) in [4.78, 5) is 22.9. The van der Waals surface area contributed by atoms with Crippen LogP contribution in [0.4, 0.5) is 5.69 Å². The summed E-state index contributed by atoms with van der Waals surface area (Å²) in [6.07, 6.45) is 0. The quantitative estimate of drug-likeness (QED) is 0.834. The van der Waals surface area contributed by atoms with Crippen molar-refractivity contribution in [3.63, 3.8) is 0 Å². The van der Waals surface area contributed by atoms with E-state index in [-0.39, 0.29) is 22.6 Å². The third-order valence-corrected chi connectivity index (χ3v) is 3.56. The molecule has 0 saturated heterocycles. The van der Waals surface area contributed by atoms with Gasteiger partial charge >= 0.3 is 5.97 Å². The smallest absolute Gasteiger partial charge is 0.341 e. The molecular weight excluding hydrogens is 334 g/mol. The number of hydrogen-bond acceptors (Lipinski definition) is 4. The molecule has 8 heteroatoms. The fraction of sp³-hybridized carbons (Fsp3) is 0.312. The standard InChI is InChI=1S/C16H18ClN3O4/c1-9(2)12-7-13(20(3)19-12)16(23)18-10-4-5-14(11(17)6-10)24-8-15(21)22/h4-7,9H,8H2,1-3H3,(H,18,23)(H,21,22). The Morgan fingerprint density at radius 3 is 2.62 bits per heavy atom. The first-order valence-electron chi connectivity index (χ1n) is 7.27. The first-order chi connectivity index (χ1) is 11.3. The Hall–Kier alpha value is -2.54. The number of carbonyl (C=O) groups excluding carboxylic acids is 1. The summed E-state index contributed by atoms with van der Waals surface area (Å²) in [5.74, 6) is -0.953. The highest BCUT2D eigenvalue weighted by Crippen LogP contribution is 2.28. The van der Waals surface area contributed by atoms with Gasteiger partial charge in [0.2, 0.25) is 0 Å². The summed E-state index contributed by atoms with van der Waals surface area (Å²) in [6, 6.07) is 6.33. The summed E-state index contributed by atoms with van der Waals surface area (Å²) >= 11 is 6.03. The number of benzene rings is 1. The van der Waals surface area contributed by atoms with Gasteiger partial charge in [-0.05, 0) is 30.2 Å². The Morgan fingerprint density at radius 1 is 1.38 bits per heavy atom. The first kappa shape index (κ1) is 17.8. The second kappa shape index (κ2) is 7.35. The average molecular weight is 352 g/mol. The maximum Gasteiger partial charge on any atom is 0.341 e. The predicted octanol–water partition coefficient (Wildman–Crippen LogP) is 2.91. The van der Waals surface area contributed by atoms with Crippen molar-refractivity contribution in [2.45, 2.75) is 19.8 Å². The van der Waals surface area contributed by atoms with E-state index < -0.39 is 12.6 Å². The zero-order valence-corrected chi connectivity index (χ0v) is 14.3. The number of aryl methyl sites for hydroxylation is 1. The zero-order valence-electron chi connectivity index (χ0n) is 13.5. The molecule has 1 heterocycles. The number of carbonyl (C=O) groups is 2. The Bertz CT molecular complexity index is 771. The molecule has 0 atom stereocenters. The molecule has 0 saturated carbocycles. The van der Waals surface area contributed by atoms with Gasteiger partial charge in [0.15, 0.2) is 6.61 Å². The Balaban J connectivity index is 2.12. The predicted molar refractivity (Wildman–Crippen MR) is 89.8 cm³/mol. The van der Waals surface area contributed by atoms with Crippen LogP contribution in [0.25, 0.3) is 0 Å². The van der Waals surface area contributed by atoms with Gasteiger partial charge < -0.3 is 15.2 Å². The lowest BCUT2D eigenvalue weighted by Gasteiger charge is -2.09. The van der Waals surface area contributed by atoms with Gasteiger partial charge in [-0.2, -0.15) is 5.10 Å². The highest BCUT2D eigenvalue weighted by atomic mass is 35.5. The Kier molecular flexibility index (Phi) is 5.46. The van der Waals surface area contributed by atoms with Gasteiger partial charge in [-0.15, -0.1) is 0 Å². The lowest BCUT2D eigenvalue weighted by atomic mass is 10.1. The third-order valence-electron chi connectivity index (χ3n) is 3.26. The van der Waals surface area contributed by atoms with E-state index in [1.165, 1.54) is 16.8 Å². The lowest BCUT2D eigenvalue weighted by Crippen LogP contribution is -2.16. The molecule has 2 rings (SSSR count).